The molecule has 0 radical (unpaired) electrons. The predicted octanol–water partition coefficient (Wildman–Crippen LogP) is 4.29. The van der Waals surface area contributed by atoms with E-state index in [4.69, 9.17) is 4.74 Å². The molecular formula is C23H20F3N3O4. The fourth-order valence-corrected chi connectivity index (χ4v) is 3.67. The van der Waals surface area contributed by atoms with Crippen LogP contribution in [-0.4, -0.2) is 34.4 Å². The van der Waals surface area contributed by atoms with Crippen molar-refractivity contribution in [2.24, 2.45) is 0 Å². The van der Waals surface area contributed by atoms with Gasteiger partial charge in [0.15, 0.2) is 11.8 Å². The summed E-state index contributed by atoms with van der Waals surface area (Å²) in [4.78, 5) is 25.3. The van der Waals surface area contributed by atoms with E-state index in [1.165, 1.54) is 43.3 Å². The number of aromatic nitrogens is 2. The van der Waals surface area contributed by atoms with Gasteiger partial charge in [-0.15, -0.1) is 0 Å². The van der Waals surface area contributed by atoms with Crippen LogP contribution >= 0.6 is 0 Å². The summed E-state index contributed by atoms with van der Waals surface area (Å²) >= 11 is 0. The van der Waals surface area contributed by atoms with Gasteiger partial charge < -0.3 is 14.8 Å². The SMILES string of the molecule is CC(OC(=O)c1nn(-c2ccc(F)cc2)c2c1CCC2)C(=O)Nc1ccccc1OC(F)F. The molecule has 0 aliphatic heterocycles. The Balaban J connectivity index is 1.49. The molecule has 1 heterocycles. The molecule has 1 aliphatic rings. The van der Waals surface area contributed by atoms with E-state index in [2.05, 4.69) is 15.2 Å². The number of para-hydroxylation sites is 2. The highest BCUT2D eigenvalue weighted by Crippen LogP contribution is 2.29. The molecule has 4 rings (SSSR count). The summed E-state index contributed by atoms with van der Waals surface area (Å²) in [5.41, 5.74) is 2.28. The van der Waals surface area contributed by atoms with E-state index in [0.29, 0.717) is 18.5 Å². The van der Waals surface area contributed by atoms with Gasteiger partial charge in [0, 0.05) is 11.3 Å². The molecule has 0 spiro atoms. The van der Waals surface area contributed by atoms with Crippen LogP contribution in [0.2, 0.25) is 0 Å². The largest absolute Gasteiger partial charge is 0.448 e. The minimum Gasteiger partial charge on any atom is -0.448 e. The Morgan fingerprint density at radius 2 is 1.82 bits per heavy atom. The molecule has 1 aromatic heterocycles. The summed E-state index contributed by atoms with van der Waals surface area (Å²) in [5.74, 6) is -2.10. The number of amides is 1. The summed E-state index contributed by atoms with van der Waals surface area (Å²) in [6.07, 6.45) is 0.917. The highest BCUT2D eigenvalue weighted by Gasteiger charge is 2.30. The van der Waals surface area contributed by atoms with E-state index in [-0.39, 0.29) is 22.9 Å². The monoisotopic (exact) mass is 459 g/mol. The first-order valence-electron chi connectivity index (χ1n) is 10.3. The molecule has 0 bridgehead atoms. The summed E-state index contributed by atoms with van der Waals surface area (Å²) in [5, 5.41) is 6.78. The van der Waals surface area contributed by atoms with Gasteiger partial charge >= 0.3 is 12.6 Å². The third-order valence-electron chi connectivity index (χ3n) is 5.21. The second-order valence-corrected chi connectivity index (χ2v) is 7.43. The fraction of sp³-hybridized carbons (Fsp3) is 0.261. The van der Waals surface area contributed by atoms with Crippen molar-refractivity contribution < 1.29 is 32.2 Å². The standard InChI is InChI=1S/C23H20F3N3O4/c1-13(21(30)27-17-6-2-3-8-19(17)33-23(25)26)32-22(31)20-16-5-4-7-18(16)29(28-20)15-11-9-14(24)10-12-15/h2-3,6,8-13,23H,4-5,7H2,1H3,(H,27,30). The average molecular weight is 459 g/mol. The molecule has 0 saturated carbocycles. The van der Waals surface area contributed by atoms with Crippen LogP contribution in [0.3, 0.4) is 0 Å². The lowest BCUT2D eigenvalue weighted by Crippen LogP contribution is -2.30. The van der Waals surface area contributed by atoms with Crippen LogP contribution in [0.1, 0.15) is 35.1 Å². The van der Waals surface area contributed by atoms with Gasteiger partial charge in [0.05, 0.1) is 11.4 Å². The lowest BCUT2D eigenvalue weighted by atomic mass is 10.2. The molecule has 1 unspecified atom stereocenters. The maximum absolute atomic E-state index is 13.3. The maximum atomic E-state index is 13.3. The van der Waals surface area contributed by atoms with Crippen LogP contribution < -0.4 is 10.1 Å². The van der Waals surface area contributed by atoms with E-state index in [9.17, 15) is 22.8 Å². The van der Waals surface area contributed by atoms with Crippen molar-refractivity contribution in [1.82, 2.24) is 9.78 Å². The number of carbonyl (C=O) groups is 2. The Bertz CT molecular complexity index is 1180. The van der Waals surface area contributed by atoms with E-state index in [1.54, 1.807) is 16.8 Å². The molecule has 33 heavy (non-hydrogen) atoms. The first kappa shape index (κ1) is 22.4. The van der Waals surface area contributed by atoms with Gasteiger partial charge in [-0.3, -0.25) is 4.79 Å². The van der Waals surface area contributed by atoms with Gasteiger partial charge in [-0.2, -0.15) is 13.9 Å². The van der Waals surface area contributed by atoms with Crippen molar-refractivity contribution in [2.45, 2.75) is 38.9 Å². The zero-order valence-corrected chi connectivity index (χ0v) is 17.6. The van der Waals surface area contributed by atoms with Crippen molar-refractivity contribution in [3.05, 3.63) is 71.3 Å². The van der Waals surface area contributed by atoms with E-state index in [1.807, 2.05) is 0 Å². The van der Waals surface area contributed by atoms with E-state index < -0.39 is 24.6 Å². The number of halogens is 3. The Kier molecular flexibility index (Phi) is 6.34. The van der Waals surface area contributed by atoms with Crippen LogP contribution in [0.25, 0.3) is 5.69 Å². The zero-order chi connectivity index (χ0) is 23.5. The number of rotatable bonds is 7. The molecular weight excluding hydrogens is 439 g/mol. The maximum Gasteiger partial charge on any atom is 0.387 e. The molecule has 1 aliphatic carbocycles. The molecule has 1 atom stereocenters. The van der Waals surface area contributed by atoms with E-state index >= 15 is 0 Å². The Labute approximate surface area is 187 Å². The van der Waals surface area contributed by atoms with Crippen LogP contribution in [-0.2, 0) is 22.4 Å². The van der Waals surface area contributed by atoms with Gasteiger partial charge in [-0.25, -0.2) is 13.9 Å². The van der Waals surface area contributed by atoms with Crippen molar-refractivity contribution in [3.8, 4) is 11.4 Å². The average Bonchev–Trinajstić information content (AvgIpc) is 3.38. The predicted molar refractivity (Wildman–Crippen MR) is 112 cm³/mol. The number of benzene rings is 2. The Hall–Kier alpha value is -3.82. The number of nitrogens with one attached hydrogen (secondary N) is 1. The van der Waals surface area contributed by atoms with Crippen LogP contribution in [0.15, 0.2) is 48.5 Å². The summed E-state index contributed by atoms with van der Waals surface area (Å²) in [7, 11) is 0. The van der Waals surface area contributed by atoms with Crippen LogP contribution in [0, 0.1) is 5.82 Å². The second kappa shape index (κ2) is 9.35. The molecule has 1 amide bonds. The number of esters is 1. The number of hydrogen-bond donors (Lipinski definition) is 1. The van der Waals surface area contributed by atoms with Crippen molar-refractivity contribution in [2.75, 3.05) is 5.32 Å². The van der Waals surface area contributed by atoms with Crippen molar-refractivity contribution in [1.29, 1.82) is 0 Å². The number of alkyl halides is 2. The zero-order valence-electron chi connectivity index (χ0n) is 17.6. The van der Waals surface area contributed by atoms with Gasteiger partial charge in [-0.1, -0.05) is 12.1 Å². The van der Waals surface area contributed by atoms with Gasteiger partial charge in [0.1, 0.15) is 11.6 Å². The molecule has 3 aromatic rings. The third kappa shape index (κ3) is 4.84. The molecule has 0 fully saturated rings. The second-order valence-electron chi connectivity index (χ2n) is 7.43. The molecule has 0 saturated heterocycles. The summed E-state index contributed by atoms with van der Waals surface area (Å²) in [6, 6.07) is 11.4. The number of fused-ring (bicyclic) bond motifs is 1. The minimum atomic E-state index is -3.06. The first-order valence-corrected chi connectivity index (χ1v) is 10.3. The smallest absolute Gasteiger partial charge is 0.387 e. The number of anilines is 1. The highest BCUT2D eigenvalue weighted by atomic mass is 19.3. The molecule has 7 nitrogen and oxygen atoms in total. The molecule has 1 N–H and O–H groups in total. The van der Waals surface area contributed by atoms with Gasteiger partial charge in [0.2, 0.25) is 0 Å². The number of ether oxygens (including phenoxy) is 2. The Morgan fingerprint density at radius 3 is 2.55 bits per heavy atom. The molecule has 10 heteroatoms. The lowest BCUT2D eigenvalue weighted by Gasteiger charge is -2.15. The molecule has 2 aromatic carbocycles. The lowest BCUT2D eigenvalue weighted by molar-refractivity contribution is -0.123. The van der Waals surface area contributed by atoms with Crippen molar-refractivity contribution in [3.63, 3.8) is 0 Å². The quantitative estimate of drug-likeness (QED) is 0.533. The first-order chi connectivity index (χ1) is 15.8. The summed E-state index contributed by atoms with van der Waals surface area (Å²) < 4.78 is 49.7. The van der Waals surface area contributed by atoms with Gasteiger partial charge in [-0.05, 0) is 62.6 Å². The van der Waals surface area contributed by atoms with Crippen LogP contribution in [0.5, 0.6) is 5.75 Å². The van der Waals surface area contributed by atoms with Crippen molar-refractivity contribution >= 4 is 17.6 Å². The number of nitrogens with zero attached hydrogens (tertiary/aromatic N) is 2. The number of carbonyl (C=O) groups excluding carboxylic acids is 2. The highest BCUT2D eigenvalue weighted by molar-refractivity contribution is 5.98. The van der Waals surface area contributed by atoms with Crippen LogP contribution in [0.4, 0.5) is 18.9 Å². The summed E-state index contributed by atoms with van der Waals surface area (Å²) in [6.45, 7) is -1.70. The van der Waals surface area contributed by atoms with Gasteiger partial charge in [0.25, 0.3) is 5.91 Å². The molecule has 172 valence electrons. The Morgan fingerprint density at radius 1 is 1.09 bits per heavy atom. The topological polar surface area (TPSA) is 82.5 Å². The minimum absolute atomic E-state index is 0.0205. The fourth-order valence-electron chi connectivity index (χ4n) is 3.67. The third-order valence-corrected chi connectivity index (χ3v) is 5.21. The normalized spacial score (nSPS) is 13.5. The van der Waals surface area contributed by atoms with E-state index in [0.717, 1.165) is 17.7 Å². The number of hydrogen-bond acceptors (Lipinski definition) is 5.